The molecule has 1 aromatic heterocycles. The quantitative estimate of drug-likeness (QED) is 0.726. The van der Waals surface area contributed by atoms with Gasteiger partial charge in [-0.3, -0.25) is 9.69 Å². The minimum Gasteiger partial charge on any atom is -0.496 e. The molecule has 8 nitrogen and oxygen atoms in total. The minimum atomic E-state index is -0.118. The molecule has 28 heavy (non-hydrogen) atoms. The summed E-state index contributed by atoms with van der Waals surface area (Å²) in [4.78, 5) is 16.9. The number of piperidine rings is 1. The van der Waals surface area contributed by atoms with E-state index in [9.17, 15) is 4.79 Å². The van der Waals surface area contributed by atoms with Crippen LogP contribution in [0.5, 0.6) is 5.75 Å². The Bertz CT molecular complexity index is 785. The number of benzene rings is 1. The summed E-state index contributed by atoms with van der Waals surface area (Å²) in [5, 5.41) is 12.0. The molecule has 1 atom stereocenters. The first-order valence-corrected chi connectivity index (χ1v) is 9.85. The summed E-state index contributed by atoms with van der Waals surface area (Å²) in [6, 6.07) is 7.64. The molecule has 152 valence electrons. The third kappa shape index (κ3) is 4.67. The van der Waals surface area contributed by atoms with Gasteiger partial charge in [0.05, 0.1) is 19.7 Å². The molecule has 1 aromatic carbocycles. The zero-order chi connectivity index (χ0) is 20.1. The van der Waals surface area contributed by atoms with Gasteiger partial charge in [0.1, 0.15) is 12.3 Å². The van der Waals surface area contributed by atoms with E-state index in [2.05, 4.69) is 27.3 Å². The lowest BCUT2D eigenvalue weighted by Gasteiger charge is -2.29. The largest absolute Gasteiger partial charge is 0.496 e. The van der Waals surface area contributed by atoms with Crippen LogP contribution in [0.2, 0.25) is 0 Å². The number of carbonyl (C=O) groups excluding carboxylic acids is 1. The SMILES string of the molecule is COc1ccccc1C(C)N(C)C(=O)Cn1nnnc1CN1CCC(C)CC1. The maximum absolute atomic E-state index is 12.9. The molecule has 0 bridgehead atoms. The van der Waals surface area contributed by atoms with E-state index in [1.807, 2.05) is 31.2 Å². The van der Waals surface area contributed by atoms with E-state index >= 15 is 0 Å². The molecule has 0 radical (unpaired) electrons. The topological polar surface area (TPSA) is 76.4 Å². The fourth-order valence-electron chi connectivity index (χ4n) is 3.56. The molecular weight excluding hydrogens is 356 g/mol. The van der Waals surface area contributed by atoms with Gasteiger partial charge in [-0.25, -0.2) is 4.68 Å². The smallest absolute Gasteiger partial charge is 0.244 e. The molecule has 8 heteroatoms. The number of ether oxygens (including phenoxy) is 1. The molecular formula is C20H30N6O2. The van der Waals surface area contributed by atoms with Gasteiger partial charge in [0.15, 0.2) is 5.82 Å². The van der Waals surface area contributed by atoms with Crippen LogP contribution in [0.4, 0.5) is 0 Å². The summed E-state index contributed by atoms with van der Waals surface area (Å²) in [6.07, 6.45) is 2.39. The average Bonchev–Trinajstić information content (AvgIpc) is 3.15. The third-order valence-electron chi connectivity index (χ3n) is 5.70. The van der Waals surface area contributed by atoms with E-state index in [-0.39, 0.29) is 18.5 Å². The monoisotopic (exact) mass is 386 g/mol. The second-order valence-electron chi connectivity index (χ2n) is 7.63. The Morgan fingerprint density at radius 1 is 1.32 bits per heavy atom. The van der Waals surface area contributed by atoms with Crippen molar-refractivity contribution in [3.05, 3.63) is 35.7 Å². The fraction of sp³-hybridized carbons (Fsp3) is 0.600. The highest BCUT2D eigenvalue weighted by atomic mass is 16.5. The van der Waals surface area contributed by atoms with Gasteiger partial charge in [-0.15, -0.1) is 5.10 Å². The van der Waals surface area contributed by atoms with E-state index in [1.165, 1.54) is 12.8 Å². The number of para-hydroxylation sites is 1. The van der Waals surface area contributed by atoms with Crippen LogP contribution in [0.25, 0.3) is 0 Å². The highest BCUT2D eigenvalue weighted by Gasteiger charge is 2.23. The van der Waals surface area contributed by atoms with Crippen molar-refractivity contribution in [2.75, 3.05) is 27.2 Å². The first-order valence-electron chi connectivity index (χ1n) is 9.85. The van der Waals surface area contributed by atoms with Crippen molar-refractivity contribution in [3.63, 3.8) is 0 Å². The number of hydrogen-bond donors (Lipinski definition) is 0. The Balaban J connectivity index is 1.64. The molecule has 1 aliphatic heterocycles. The van der Waals surface area contributed by atoms with Gasteiger partial charge in [0.2, 0.25) is 5.91 Å². The lowest BCUT2D eigenvalue weighted by Crippen LogP contribution is -2.35. The van der Waals surface area contributed by atoms with Crippen molar-refractivity contribution >= 4 is 5.91 Å². The maximum Gasteiger partial charge on any atom is 0.244 e. The molecule has 1 amide bonds. The van der Waals surface area contributed by atoms with E-state index in [4.69, 9.17) is 4.74 Å². The van der Waals surface area contributed by atoms with Gasteiger partial charge in [0, 0.05) is 12.6 Å². The normalized spacial score (nSPS) is 16.7. The number of carbonyl (C=O) groups is 1. The fourth-order valence-corrected chi connectivity index (χ4v) is 3.56. The second-order valence-corrected chi connectivity index (χ2v) is 7.63. The first-order chi connectivity index (χ1) is 13.5. The molecule has 0 saturated carbocycles. The number of amides is 1. The number of nitrogens with zero attached hydrogens (tertiary/aromatic N) is 6. The molecule has 3 rings (SSSR count). The van der Waals surface area contributed by atoms with Crippen LogP contribution in [-0.2, 0) is 17.9 Å². The van der Waals surface area contributed by atoms with Crippen molar-refractivity contribution in [2.45, 2.75) is 45.8 Å². The summed E-state index contributed by atoms with van der Waals surface area (Å²) < 4.78 is 7.05. The van der Waals surface area contributed by atoms with Crippen LogP contribution in [0.1, 0.15) is 44.1 Å². The van der Waals surface area contributed by atoms with Crippen LogP contribution in [0.15, 0.2) is 24.3 Å². The third-order valence-corrected chi connectivity index (χ3v) is 5.70. The van der Waals surface area contributed by atoms with Gasteiger partial charge >= 0.3 is 0 Å². The van der Waals surface area contributed by atoms with E-state index in [1.54, 1.807) is 23.7 Å². The number of likely N-dealkylation sites (tertiary alicyclic amines) is 1. The molecule has 0 spiro atoms. The van der Waals surface area contributed by atoms with Gasteiger partial charge in [-0.2, -0.15) is 0 Å². The standard InChI is InChI=1S/C20H30N6O2/c1-15-9-11-25(12-10-15)13-19-21-22-23-26(19)14-20(27)24(3)16(2)17-7-5-6-8-18(17)28-4/h5-8,15-16H,9-14H2,1-4H3. The molecule has 1 saturated heterocycles. The highest BCUT2D eigenvalue weighted by Crippen LogP contribution is 2.28. The van der Waals surface area contributed by atoms with Crippen LogP contribution >= 0.6 is 0 Å². The lowest BCUT2D eigenvalue weighted by atomic mass is 9.99. The summed E-state index contributed by atoms with van der Waals surface area (Å²) in [6.45, 7) is 7.19. The van der Waals surface area contributed by atoms with Gasteiger partial charge in [0.25, 0.3) is 0 Å². The van der Waals surface area contributed by atoms with Gasteiger partial charge < -0.3 is 9.64 Å². The number of aromatic nitrogens is 4. The predicted molar refractivity (Wildman–Crippen MR) is 106 cm³/mol. The average molecular weight is 387 g/mol. The zero-order valence-corrected chi connectivity index (χ0v) is 17.2. The minimum absolute atomic E-state index is 0.0424. The Labute approximate surface area is 166 Å². The molecule has 2 heterocycles. The molecule has 1 aliphatic rings. The molecule has 0 N–H and O–H groups in total. The Morgan fingerprint density at radius 3 is 2.75 bits per heavy atom. The number of tetrazole rings is 1. The highest BCUT2D eigenvalue weighted by molar-refractivity contribution is 5.76. The van der Waals surface area contributed by atoms with Crippen molar-refractivity contribution in [3.8, 4) is 5.75 Å². The molecule has 0 aliphatic carbocycles. The lowest BCUT2D eigenvalue weighted by molar-refractivity contribution is -0.132. The van der Waals surface area contributed by atoms with Crippen molar-refractivity contribution < 1.29 is 9.53 Å². The van der Waals surface area contributed by atoms with E-state index < -0.39 is 0 Å². The summed E-state index contributed by atoms with van der Waals surface area (Å²) in [5.41, 5.74) is 0.972. The number of hydrogen-bond acceptors (Lipinski definition) is 6. The van der Waals surface area contributed by atoms with Crippen LogP contribution < -0.4 is 4.74 Å². The van der Waals surface area contributed by atoms with Crippen LogP contribution in [0, 0.1) is 5.92 Å². The number of likely N-dealkylation sites (N-methyl/N-ethyl adjacent to an activating group) is 1. The Morgan fingerprint density at radius 2 is 2.04 bits per heavy atom. The maximum atomic E-state index is 12.9. The van der Waals surface area contributed by atoms with Crippen molar-refractivity contribution in [2.24, 2.45) is 5.92 Å². The Kier molecular flexibility index (Phi) is 6.61. The van der Waals surface area contributed by atoms with Crippen LogP contribution in [0.3, 0.4) is 0 Å². The summed E-state index contributed by atoms with van der Waals surface area (Å²) >= 11 is 0. The second kappa shape index (κ2) is 9.14. The molecule has 1 unspecified atom stereocenters. The first kappa shape index (κ1) is 20.3. The zero-order valence-electron chi connectivity index (χ0n) is 17.2. The summed E-state index contributed by atoms with van der Waals surface area (Å²) in [7, 11) is 3.44. The van der Waals surface area contributed by atoms with Crippen LogP contribution in [-0.4, -0.2) is 63.2 Å². The van der Waals surface area contributed by atoms with E-state index in [0.29, 0.717) is 6.54 Å². The predicted octanol–water partition coefficient (Wildman–Crippen LogP) is 2.13. The number of rotatable bonds is 7. The van der Waals surface area contributed by atoms with Gasteiger partial charge in [-0.05, 0) is 55.3 Å². The Hall–Kier alpha value is -2.48. The molecule has 2 aromatic rings. The molecule has 1 fully saturated rings. The van der Waals surface area contributed by atoms with Crippen molar-refractivity contribution in [1.82, 2.24) is 30.0 Å². The number of methoxy groups -OCH3 is 1. The van der Waals surface area contributed by atoms with Crippen molar-refractivity contribution in [1.29, 1.82) is 0 Å². The van der Waals surface area contributed by atoms with Gasteiger partial charge in [-0.1, -0.05) is 25.1 Å². The van der Waals surface area contributed by atoms with E-state index in [0.717, 1.165) is 36.1 Å². The summed E-state index contributed by atoms with van der Waals surface area (Å²) in [5.74, 6) is 2.25.